The lowest BCUT2D eigenvalue weighted by molar-refractivity contribution is -0.122. The molecule has 3 aromatic rings. The highest BCUT2D eigenvalue weighted by molar-refractivity contribution is 7.89. The number of hydrogen-bond acceptors (Lipinski definition) is 3. The van der Waals surface area contributed by atoms with Gasteiger partial charge in [-0.15, -0.1) is 0 Å². The normalized spacial score (nSPS) is 12.7. The van der Waals surface area contributed by atoms with Gasteiger partial charge in [-0.2, -0.15) is 4.31 Å². The number of amides is 1. The third kappa shape index (κ3) is 4.82. The second-order valence-electron chi connectivity index (χ2n) is 6.35. The number of hydrogen-bond donors (Lipinski definition) is 1. The Morgan fingerprint density at radius 3 is 2.24 bits per heavy atom. The smallest absolute Gasteiger partial charge is 0.244 e. The molecule has 150 valence electrons. The molecule has 0 saturated heterocycles. The molecular weight excluding hydrogens is 415 g/mol. The number of carbonyl (C=O) groups excluding carboxylic acids is 1. The molecule has 8 heteroatoms. The number of nitrogens with two attached hydrogens (primary N) is 1. The highest BCUT2D eigenvalue weighted by atomic mass is 35.5. The molecule has 0 heterocycles. The van der Waals surface area contributed by atoms with E-state index in [0.717, 1.165) is 4.31 Å². The maximum absolute atomic E-state index is 13.7. The second kappa shape index (κ2) is 8.73. The molecule has 5 nitrogen and oxygen atoms in total. The number of primary amides is 1. The van der Waals surface area contributed by atoms with Crippen molar-refractivity contribution in [1.29, 1.82) is 0 Å². The maximum Gasteiger partial charge on any atom is 0.244 e. The summed E-state index contributed by atoms with van der Waals surface area (Å²) in [6.07, 6.45) is 0. The fourth-order valence-electron chi connectivity index (χ4n) is 2.98. The Labute approximate surface area is 173 Å². The Bertz CT molecular complexity index is 1110. The molecule has 29 heavy (non-hydrogen) atoms. The zero-order chi connectivity index (χ0) is 21.0. The molecule has 1 amide bonds. The fourth-order valence-corrected chi connectivity index (χ4v) is 4.68. The van der Waals surface area contributed by atoms with Crippen LogP contribution >= 0.6 is 11.6 Å². The minimum absolute atomic E-state index is 0.0551. The van der Waals surface area contributed by atoms with Gasteiger partial charge >= 0.3 is 0 Å². The third-order valence-corrected chi connectivity index (χ3v) is 6.40. The third-order valence-electron chi connectivity index (χ3n) is 4.32. The van der Waals surface area contributed by atoms with E-state index in [9.17, 15) is 17.6 Å². The Hall–Kier alpha value is -2.74. The minimum Gasteiger partial charge on any atom is -0.368 e. The summed E-state index contributed by atoms with van der Waals surface area (Å²) < 4.78 is 41.5. The van der Waals surface area contributed by atoms with Crippen molar-refractivity contribution >= 4 is 27.5 Å². The Morgan fingerprint density at radius 2 is 1.66 bits per heavy atom. The summed E-state index contributed by atoms with van der Waals surface area (Å²) in [5.74, 6) is -1.35. The first kappa shape index (κ1) is 21.0. The van der Waals surface area contributed by atoms with Crippen LogP contribution in [0.25, 0.3) is 0 Å². The molecule has 3 rings (SSSR count). The van der Waals surface area contributed by atoms with Crippen LogP contribution in [0.5, 0.6) is 0 Å². The van der Waals surface area contributed by atoms with Gasteiger partial charge in [0.1, 0.15) is 11.9 Å². The first-order chi connectivity index (χ1) is 13.8. The molecule has 0 bridgehead atoms. The summed E-state index contributed by atoms with van der Waals surface area (Å²) >= 11 is 5.87. The largest absolute Gasteiger partial charge is 0.368 e. The van der Waals surface area contributed by atoms with Crippen LogP contribution in [0.3, 0.4) is 0 Å². The molecule has 1 atom stereocenters. The standard InChI is InChI=1S/C21H18ClFN2O3S/c22-17-9-11-19(12-10-17)29(27,28)25(14-15-5-4-8-18(23)13-15)20(21(24)26)16-6-2-1-3-7-16/h1-13,20H,14H2,(H2,24,26)/t20-/m1/s1. The molecule has 0 fully saturated rings. The van der Waals surface area contributed by atoms with E-state index in [1.54, 1.807) is 36.4 Å². The molecule has 0 unspecified atom stereocenters. The summed E-state index contributed by atoms with van der Waals surface area (Å²) in [4.78, 5) is 12.3. The Kier molecular flexibility index (Phi) is 6.32. The predicted molar refractivity (Wildman–Crippen MR) is 109 cm³/mol. The summed E-state index contributed by atoms with van der Waals surface area (Å²) in [6, 6.07) is 18.2. The predicted octanol–water partition coefficient (Wildman–Crippen LogP) is 3.90. The highest BCUT2D eigenvalue weighted by Crippen LogP contribution is 2.30. The van der Waals surface area contributed by atoms with Crippen LogP contribution in [0.15, 0.2) is 83.8 Å². The molecule has 0 spiro atoms. The summed E-state index contributed by atoms with van der Waals surface area (Å²) in [6.45, 7) is -0.245. The number of nitrogens with zero attached hydrogens (tertiary/aromatic N) is 1. The van der Waals surface area contributed by atoms with E-state index >= 15 is 0 Å². The topological polar surface area (TPSA) is 80.5 Å². The van der Waals surface area contributed by atoms with Crippen molar-refractivity contribution in [3.8, 4) is 0 Å². The van der Waals surface area contributed by atoms with Gasteiger partial charge in [0, 0.05) is 11.6 Å². The van der Waals surface area contributed by atoms with Crippen molar-refractivity contribution < 1.29 is 17.6 Å². The van der Waals surface area contributed by atoms with Crippen molar-refractivity contribution in [2.24, 2.45) is 5.73 Å². The summed E-state index contributed by atoms with van der Waals surface area (Å²) in [7, 11) is -4.17. The van der Waals surface area contributed by atoms with Gasteiger partial charge in [0.2, 0.25) is 15.9 Å². The average molecular weight is 433 g/mol. The monoisotopic (exact) mass is 432 g/mol. The van der Waals surface area contributed by atoms with E-state index in [4.69, 9.17) is 17.3 Å². The number of benzene rings is 3. The van der Waals surface area contributed by atoms with Crippen LogP contribution in [0, 0.1) is 5.82 Å². The summed E-state index contributed by atoms with van der Waals surface area (Å²) in [5, 5.41) is 0.371. The van der Waals surface area contributed by atoms with Crippen LogP contribution in [0.2, 0.25) is 5.02 Å². The van der Waals surface area contributed by atoms with Crippen LogP contribution in [0.4, 0.5) is 4.39 Å². The Morgan fingerprint density at radius 1 is 1.00 bits per heavy atom. The van der Waals surface area contributed by atoms with Crippen molar-refractivity contribution in [3.05, 3.63) is 101 Å². The number of carbonyl (C=O) groups is 1. The highest BCUT2D eigenvalue weighted by Gasteiger charge is 2.36. The van der Waals surface area contributed by atoms with Gasteiger partial charge in [0.15, 0.2) is 0 Å². The quantitative estimate of drug-likeness (QED) is 0.614. The number of halogens is 2. The van der Waals surface area contributed by atoms with Crippen molar-refractivity contribution in [2.45, 2.75) is 17.5 Å². The molecular formula is C21H18ClFN2O3S. The minimum atomic E-state index is -4.17. The van der Waals surface area contributed by atoms with E-state index in [1.807, 2.05) is 0 Å². The molecule has 0 aliphatic heterocycles. The molecule has 2 N–H and O–H groups in total. The van der Waals surface area contributed by atoms with E-state index in [2.05, 4.69) is 0 Å². The van der Waals surface area contributed by atoms with Crippen LogP contribution in [-0.2, 0) is 21.4 Å². The molecule has 0 saturated carbocycles. The maximum atomic E-state index is 13.7. The average Bonchev–Trinajstić information content (AvgIpc) is 2.68. The first-order valence-electron chi connectivity index (χ1n) is 8.65. The zero-order valence-electron chi connectivity index (χ0n) is 15.2. The molecule has 0 aliphatic rings. The van der Waals surface area contributed by atoms with Gasteiger partial charge in [-0.1, -0.05) is 54.1 Å². The van der Waals surface area contributed by atoms with Gasteiger partial charge in [0.25, 0.3) is 0 Å². The van der Waals surface area contributed by atoms with Crippen LogP contribution < -0.4 is 5.73 Å². The fraction of sp³-hybridized carbons (Fsp3) is 0.0952. The second-order valence-corrected chi connectivity index (χ2v) is 8.68. The first-order valence-corrected chi connectivity index (χ1v) is 10.5. The van der Waals surface area contributed by atoms with Gasteiger partial charge in [-0.3, -0.25) is 4.79 Å². The number of rotatable bonds is 7. The lowest BCUT2D eigenvalue weighted by Gasteiger charge is -2.29. The molecule has 0 aliphatic carbocycles. The van der Waals surface area contributed by atoms with Gasteiger partial charge < -0.3 is 5.73 Å². The van der Waals surface area contributed by atoms with Crippen molar-refractivity contribution in [2.75, 3.05) is 0 Å². The molecule has 0 aromatic heterocycles. The zero-order valence-corrected chi connectivity index (χ0v) is 16.8. The van der Waals surface area contributed by atoms with Crippen LogP contribution in [0.1, 0.15) is 17.2 Å². The van der Waals surface area contributed by atoms with Gasteiger partial charge in [0.05, 0.1) is 4.90 Å². The van der Waals surface area contributed by atoms with E-state index in [-0.39, 0.29) is 11.4 Å². The Balaban J connectivity index is 2.14. The number of sulfonamides is 1. The van der Waals surface area contributed by atoms with Crippen molar-refractivity contribution in [3.63, 3.8) is 0 Å². The lowest BCUT2D eigenvalue weighted by atomic mass is 10.1. The van der Waals surface area contributed by atoms with Gasteiger partial charge in [-0.05, 0) is 47.5 Å². The van der Waals surface area contributed by atoms with Gasteiger partial charge in [-0.25, -0.2) is 12.8 Å². The molecule has 3 aromatic carbocycles. The van der Waals surface area contributed by atoms with E-state index in [1.165, 1.54) is 42.5 Å². The van der Waals surface area contributed by atoms with Crippen LogP contribution in [-0.4, -0.2) is 18.6 Å². The molecule has 0 radical (unpaired) electrons. The van der Waals surface area contributed by atoms with Crippen molar-refractivity contribution in [1.82, 2.24) is 4.31 Å². The van der Waals surface area contributed by atoms with E-state index < -0.39 is 27.8 Å². The SMILES string of the molecule is NC(=O)[C@@H](c1ccccc1)N(Cc1cccc(F)c1)S(=O)(=O)c1ccc(Cl)cc1. The summed E-state index contributed by atoms with van der Waals surface area (Å²) in [5.41, 5.74) is 6.40. The lowest BCUT2D eigenvalue weighted by Crippen LogP contribution is -2.41. The van der Waals surface area contributed by atoms with E-state index in [0.29, 0.717) is 16.1 Å².